The summed E-state index contributed by atoms with van der Waals surface area (Å²) in [5.74, 6) is 0. The molecule has 0 radical (unpaired) electrons. The van der Waals surface area contributed by atoms with Crippen molar-refractivity contribution in [2.75, 3.05) is 0 Å². The second kappa shape index (κ2) is 4.80. The maximum atomic E-state index is 6.27. The number of hydrogen-bond acceptors (Lipinski definition) is 1. The maximum absolute atomic E-state index is 6.27. The first-order chi connectivity index (χ1) is 7.01. The minimum Gasteiger partial charge on any atom is -0.324 e. The highest BCUT2D eigenvalue weighted by atomic mass is 14.7. The summed E-state index contributed by atoms with van der Waals surface area (Å²) in [6.07, 6.45) is 2.19. The fourth-order valence-electron chi connectivity index (χ4n) is 1.63. The van der Waals surface area contributed by atoms with E-state index in [2.05, 4.69) is 52.0 Å². The van der Waals surface area contributed by atoms with E-state index in [1.165, 1.54) is 11.1 Å². The highest BCUT2D eigenvalue weighted by Gasteiger charge is 2.25. The van der Waals surface area contributed by atoms with Crippen molar-refractivity contribution in [2.45, 2.75) is 46.6 Å². The first-order valence-corrected chi connectivity index (χ1v) is 5.85. The fourth-order valence-corrected chi connectivity index (χ4v) is 1.63. The molecule has 0 amide bonds. The Bertz CT molecular complexity index is 298. The predicted molar refractivity (Wildman–Crippen MR) is 66.8 cm³/mol. The summed E-state index contributed by atoms with van der Waals surface area (Å²) in [5.41, 5.74) is 9.07. The molecule has 1 aromatic rings. The smallest absolute Gasteiger partial charge is 0.0346 e. The molecule has 0 aromatic heterocycles. The van der Waals surface area contributed by atoms with E-state index in [0.717, 1.165) is 12.8 Å². The molecule has 1 rings (SSSR count). The van der Waals surface area contributed by atoms with Gasteiger partial charge >= 0.3 is 0 Å². The van der Waals surface area contributed by atoms with E-state index in [9.17, 15) is 0 Å². The van der Waals surface area contributed by atoms with Gasteiger partial charge in [-0.05, 0) is 29.4 Å². The Labute approximate surface area is 93.7 Å². The molecule has 0 saturated carbocycles. The van der Waals surface area contributed by atoms with Crippen LogP contribution in [0, 0.1) is 5.41 Å². The van der Waals surface area contributed by atoms with Crippen LogP contribution in [0.2, 0.25) is 0 Å². The zero-order chi connectivity index (χ0) is 11.5. The van der Waals surface area contributed by atoms with Crippen LogP contribution in [0.1, 0.15) is 51.3 Å². The standard InChI is InChI=1S/C14H23N/c1-5-11-7-9-12(10-8-11)13(15)14(3,4)6-2/h7-10,13H,5-6,15H2,1-4H3. The zero-order valence-electron chi connectivity index (χ0n) is 10.4. The summed E-state index contributed by atoms with van der Waals surface area (Å²) in [6, 6.07) is 8.83. The normalized spacial score (nSPS) is 13.9. The Morgan fingerprint density at radius 2 is 1.67 bits per heavy atom. The van der Waals surface area contributed by atoms with E-state index in [-0.39, 0.29) is 11.5 Å². The average Bonchev–Trinajstić information content (AvgIpc) is 2.28. The number of aryl methyl sites for hydroxylation is 1. The van der Waals surface area contributed by atoms with Gasteiger partial charge in [0, 0.05) is 6.04 Å². The van der Waals surface area contributed by atoms with Gasteiger partial charge in [0.25, 0.3) is 0 Å². The van der Waals surface area contributed by atoms with Crippen molar-refractivity contribution in [3.05, 3.63) is 35.4 Å². The van der Waals surface area contributed by atoms with Crippen molar-refractivity contribution in [1.82, 2.24) is 0 Å². The molecule has 1 aromatic carbocycles. The quantitative estimate of drug-likeness (QED) is 0.797. The van der Waals surface area contributed by atoms with E-state index >= 15 is 0 Å². The van der Waals surface area contributed by atoms with Crippen LogP contribution in [0.5, 0.6) is 0 Å². The minimum atomic E-state index is 0.133. The molecule has 0 aliphatic heterocycles. The highest BCUT2D eigenvalue weighted by molar-refractivity contribution is 5.26. The van der Waals surface area contributed by atoms with Gasteiger partial charge in [0.15, 0.2) is 0 Å². The van der Waals surface area contributed by atoms with Crippen LogP contribution in [0.3, 0.4) is 0 Å². The molecule has 15 heavy (non-hydrogen) atoms. The van der Waals surface area contributed by atoms with Crippen LogP contribution in [0.25, 0.3) is 0 Å². The van der Waals surface area contributed by atoms with Gasteiger partial charge < -0.3 is 5.73 Å². The van der Waals surface area contributed by atoms with Crippen LogP contribution in [0.15, 0.2) is 24.3 Å². The Hall–Kier alpha value is -0.820. The summed E-state index contributed by atoms with van der Waals surface area (Å²) < 4.78 is 0. The Kier molecular flexibility index (Phi) is 3.92. The van der Waals surface area contributed by atoms with Crippen LogP contribution >= 0.6 is 0 Å². The molecule has 0 saturated heterocycles. The monoisotopic (exact) mass is 205 g/mol. The molecule has 1 nitrogen and oxygen atoms in total. The molecule has 0 bridgehead atoms. The molecule has 0 spiro atoms. The van der Waals surface area contributed by atoms with Crippen molar-refractivity contribution >= 4 is 0 Å². The molecule has 2 N–H and O–H groups in total. The van der Waals surface area contributed by atoms with Crippen molar-refractivity contribution < 1.29 is 0 Å². The van der Waals surface area contributed by atoms with Crippen LogP contribution in [-0.4, -0.2) is 0 Å². The third kappa shape index (κ3) is 2.82. The number of rotatable bonds is 4. The van der Waals surface area contributed by atoms with Crippen LogP contribution in [0.4, 0.5) is 0 Å². The Balaban J connectivity index is 2.87. The van der Waals surface area contributed by atoms with Crippen molar-refractivity contribution in [3.63, 3.8) is 0 Å². The van der Waals surface area contributed by atoms with Crippen LogP contribution < -0.4 is 5.73 Å². The van der Waals surface area contributed by atoms with Gasteiger partial charge in [-0.3, -0.25) is 0 Å². The van der Waals surface area contributed by atoms with Gasteiger partial charge in [-0.25, -0.2) is 0 Å². The first kappa shape index (κ1) is 12.3. The van der Waals surface area contributed by atoms with Gasteiger partial charge in [0.2, 0.25) is 0 Å². The largest absolute Gasteiger partial charge is 0.324 e. The summed E-state index contributed by atoms with van der Waals surface area (Å²) in [5, 5.41) is 0. The molecular formula is C14H23N. The SMILES string of the molecule is CCc1ccc(C(N)C(C)(C)CC)cc1. The van der Waals surface area contributed by atoms with Gasteiger partial charge in [0.05, 0.1) is 0 Å². The predicted octanol–water partition coefficient (Wildman–Crippen LogP) is 3.69. The molecule has 1 atom stereocenters. The lowest BCUT2D eigenvalue weighted by Crippen LogP contribution is -2.28. The fraction of sp³-hybridized carbons (Fsp3) is 0.571. The Morgan fingerprint density at radius 3 is 2.07 bits per heavy atom. The maximum Gasteiger partial charge on any atom is 0.0346 e. The molecule has 84 valence electrons. The lowest BCUT2D eigenvalue weighted by molar-refractivity contribution is 0.278. The summed E-state index contributed by atoms with van der Waals surface area (Å²) in [7, 11) is 0. The molecule has 1 unspecified atom stereocenters. The average molecular weight is 205 g/mol. The Morgan fingerprint density at radius 1 is 1.13 bits per heavy atom. The highest BCUT2D eigenvalue weighted by Crippen LogP contribution is 2.34. The van der Waals surface area contributed by atoms with Crippen molar-refractivity contribution in [2.24, 2.45) is 11.1 Å². The molecule has 0 heterocycles. The molecule has 1 heteroatoms. The van der Waals surface area contributed by atoms with E-state index < -0.39 is 0 Å². The lowest BCUT2D eigenvalue weighted by Gasteiger charge is -2.30. The second-order valence-corrected chi connectivity index (χ2v) is 4.91. The summed E-state index contributed by atoms with van der Waals surface area (Å²) in [4.78, 5) is 0. The van der Waals surface area contributed by atoms with Crippen molar-refractivity contribution in [1.29, 1.82) is 0 Å². The first-order valence-electron chi connectivity index (χ1n) is 5.85. The third-order valence-electron chi connectivity index (χ3n) is 3.50. The van der Waals surface area contributed by atoms with Gasteiger partial charge in [-0.15, -0.1) is 0 Å². The molecule has 0 aliphatic carbocycles. The van der Waals surface area contributed by atoms with E-state index in [4.69, 9.17) is 5.73 Å². The van der Waals surface area contributed by atoms with Gasteiger partial charge in [-0.1, -0.05) is 52.0 Å². The second-order valence-electron chi connectivity index (χ2n) is 4.91. The van der Waals surface area contributed by atoms with E-state index in [1.807, 2.05) is 0 Å². The number of hydrogen-bond donors (Lipinski definition) is 1. The molecule has 0 fully saturated rings. The van der Waals surface area contributed by atoms with Gasteiger partial charge in [-0.2, -0.15) is 0 Å². The topological polar surface area (TPSA) is 26.0 Å². The molecular weight excluding hydrogens is 182 g/mol. The minimum absolute atomic E-state index is 0.133. The van der Waals surface area contributed by atoms with Gasteiger partial charge in [0.1, 0.15) is 0 Å². The van der Waals surface area contributed by atoms with E-state index in [0.29, 0.717) is 0 Å². The zero-order valence-corrected chi connectivity index (χ0v) is 10.4. The summed E-state index contributed by atoms with van der Waals surface area (Å²) >= 11 is 0. The molecule has 0 aliphatic rings. The summed E-state index contributed by atoms with van der Waals surface area (Å²) in [6.45, 7) is 8.82. The van der Waals surface area contributed by atoms with Crippen LogP contribution in [-0.2, 0) is 6.42 Å². The van der Waals surface area contributed by atoms with E-state index in [1.54, 1.807) is 0 Å². The lowest BCUT2D eigenvalue weighted by atomic mass is 9.79. The number of benzene rings is 1. The third-order valence-corrected chi connectivity index (χ3v) is 3.50. The van der Waals surface area contributed by atoms with Crippen molar-refractivity contribution in [3.8, 4) is 0 Å². The number of nitrogens with two attached hydrogens (primary N) is 1.